The number of thioether (sulfide) groups is 1. The molecule has 1 aliphatic heterocycles. The summed E-state index contributed by atoms with van der Waals surface area (Å²) in [6.45, 7) is 4.62. The fraction of sp³-hybridized carbons (Fsp3) is 0.333. The standard InChI is InChI=1S/C27H28ClN5O4S/c1-5-37-27(34)17-14-29-32(15-17)12-11-23-26-31-30-16(2)33(26)21-10-9-18(28)13-20(21)25(38-23)19-7-6-8-22(35-3)24(19)36-4/h6-10,13-15,23,25H,5,11-12H2,1-4H3/t23-,25-/m1/s1. The molecule has 2 aromatic heterocycles. The second-order valence-electron chi connectivity index (χ2n) is 8.73. The van der Waals surface area contributed by atoms with Crippen LogP contribution in [-0.2, 0) is 11.3 Å². The van der Waals surface area contributed by atoms with Crippen molar-refractivity contribution >= 4 is 29.3 Å². The van der Waals surface area contributed by atoms with E-state index in [0.29, 0.717) is 41.7 Å². The smallest absolute Gasteiger partial charge is 0.341 e. The summed E-state index contributed by atoms with van der Waals surface area (Å²) in [6, 6.07) is 11.8. The largest absolute Gasteiger partial charge is 0.493 e. The van der Waals surface area contributed by atoms with Crippen molar-refractivity contribution in [1.29, 1.82) is 0 Å². The van der Waals surface area contributed by atoms with Crippen molar-refractivity contribution in [2.45, 2.75) is 37.3 Å². The van der Waals surface area contributed by atoms with Gasteiger partial charge in [0.1, 0.15) is 5.82 Å². The average Bonchev–Trinajstić information content (AvgIpc) is 3.52. The zero-order valence-corrected chi connectivity index (χ0v) is 23.1. The Kier molecular flexibility index (Phi) is 7.62. The Morgan fingerprint density at radius 2 is 1.97 bits per heavy atom. The molecule has 38 heavy (non-hydrogen) atoms. The zero-order valence-electron chi connectivity index (χ0n) is 21.6. The van der Waals surface area contributed by atoms with Crippen LogP contribution in [-0.4, -0.2) is 51.3 Å². The normalized spacial score (nSPS) is 16.3. The predicted octanol–water partition coefficient (Wildman–Crippen LogP) is 5.59. The Bertz CT molecular complexity index is 1470. The second kappa shape index (κ2) is 11.1. The zero-order chi connectivity index (χ0) is 26.8. The number of para-hydroxylation sites is 1. The van der Waals surface area contributed by atoms with Crippen molar-refractivity contribution in [1.82, 2.24) is 24.5 Å². The van der Waals surface area contributed by atoms with E-state index in [0.717, 1.165) is 28.5 Å². The van der Waals surface area contributed by atoms with Gasteiger partial charge in [-0.25, -0.2) is 4.79 Å². The van der Waals surface area contributed by atoms with Crippen molar-refractivity contribution in [2.75, 3.05) is 20.8 Å². The fourth-order valence-electron chi connectivity index (χ4n) is 4.73. The highest BCUT2D eigenvalue weighted by molar-refractivity contribution is 8.00. The molecule has 0 fully saturated rings. The molecule has 0 spiro atoms. The molecule has 4 aromatic rings. The van der Waals surface area contributed by atoms with Crippen LogP contribution in [0.25, 0.3) is 5.69 Å². The van der Waals surface area contributed by atoms with Crippen LogP contribution in [0.1, 0.15) is 57.0 Å². The summed E-state index contributed by atoms with van der Waals surface area (Å²) < 4.78 is 20.4. The lowest BCUT2D eigenvalue weighted by Crippen LogP contribution is -2.09. The average molecular weight is 554 g/mol. The Labute approximate surface area is 230 Å². The van der Waals surface area contributed by atoms with Gasteiger partial charge >= 0.3 is 5.97 Å². The number of ether oxygens (including phenoxy) is 3. The number of hydrogen-bond acceptors (Lipinski definition) is 8. The van der Waals surface area contributed by atoms with Gasteiger partial charge in [-0.2, -0.15) is 5.10 Å². The number of carbonyl (C=O) groups is 1. The van der Waals surface area contributed by atoms with Gasteiger partial charge in [0.2, 0.25) is 0 Å². The Morgan fingerprint density at radius 1 is 1.13 bits per heavy atom. The third kappa shape index (κ3) is 4.86. The summed E-state index contributed by atoms with van der Waals surface area (Å²) in [5.41, 5.74) is 3.41. The Hall–Kier alpha value is -3.50. The Morgan fingerprint density at radius 3 is 2.74 bits per heavy atom. The number of benzene rings is 2. The lowest BCUT2D eigenvalue weighted by atomic mass is 10.0. The van der Waals surface area contributed by atoms with E-state index in [1.807, 2.05) is 37.3 Å². The van der Waals surface area contributed by atoms with Gasteiger partial charge in [0, 0.05) is 23.3 Å². The molecule has 11 heteroatoms. The quantitative estimate of drug-likeness (QED) is 0.261. The number of aromatic nitrogens is 5. The van der Waals surface area contributed by atoms with Crippen molar-refractivity contribution in [3.05, 3.63) is 82.2 Å². The summed E-state index contributed by atoms with van der Waals surface area (Å²) >= 11 is 8.28. The first-order valence-corrected chi connectivity index (χ1v) is 13.5. The summed E-state index contributed by atoms with van der Waals surface area (Å²) in [5, 5.41) is 13.8. The van der Waals surface area contributed by atoms with Crippen LogP contribution in [0, 0.1) is 6.92 Å². The predicted molar refractivity (Wildman–Crippen MR) is 146 cm³/mol. The number of methoxy groups -OCH3 is 2. The maximum Gasteiger partial charge on any atom is 0.341 e. The van der Waals surface area contributed by atoms with E-state index >= 15 is 0 Å². The molecule has 2 atom stereocenters. The molecule has 0 saturated heterocycles. The van der Waals surface area contributed by atoms with Crippen molar-refractivity contribution in [2.24, 2.45) is 0 Å². The first-order valence-electron chi connectivity index (χ1n) is 12.2. The fourth-order valence-corrected chi connectivity index (χ4v) is 6.43. The molecule has 3 heterocycles. The number of hydrogen-bond donors (Lipinski definition) is 0. The molecule has 1 aliphatic rings. The highest BCUT2D eigenvalue weighted by atomic mass is 35.5. The van der Waals surface area contributed by atoms with Crippen LogP contribution in [0.2, 0.25) is 5.02 Å². The topological polar surface area (TPSA) is 93.3 Å². The van der Waals surface area contributed by atoms with Gasteiger partial charge in [-0.05, 0) is 50.1 Å². The van der Waals surface area contributed by atoms with Crippen molar-refractivity contribution < 1.29 is 19.0 Å². The van der Waals surface area contributed by atoms with E-state index < -0.39 is 0 Å². The van der Waals surface area contributed by atoms with Crippen molar-refractivity contribution in [3.8, 4) is 17.2 Å². The lowest BCUT2D eigenvalue weighted by Gasteiger charge is -2.24. The van der Waals surface area contributed by atoms with Crippen molar-refractivity contribution in [3.63, 3.8) is 0 Å². The molecule has 198 valence electrons. The van der Waals surface area contributed by atoms with Crippen LogP contribution < -0.4 is 9.47 Å². The molecule has 5 rings (SSSR count). The van der Waals surface area contributed by atoms with Gasteiger partial charge in [0.25, 0.3) is 0 Å². The molecule has 0 saturated carbocycles. The molecule has 2 aromatic carbocycles. The molecular formula is C27H28ClN5O4S. The summed E-state index contributed by atoms with van der Waals surface area (Å²) in [5.74, 6) is 2.59. The van der Waals surface area contributed by atoms with E-state index in [-0.39, 0.29) is 16.5 Å². The van der Waals surface area contributed by atoms with Crippen LogP contribution >= 0.6 is 23.4 Å². The third-order valence-electron chi connectivity index (χ3n) is 6.43. The molecular weight excluding hydrogens is 526 g/mol. The highest BCUT2D eigenvalue weighted by Gasteiger charge is 2.35. The Balaban J connectivity index is 1.56. The number of halogens is 1. The van der Waals surface area contributed by atoms with Gasteiger partial charge in [0.05, 0.1) is 48.8 Å². The molecule has 0 radical (unpaired) electrons. The first-order chi connectivity index (χ1) is 18.4. The van der Waals surface area contributed by atoms with E-state index in [2.05, 4.69) is 25.9 Å². The number of rotatable bonds is 8. The number of nitrogens with zero attached hydrogens (tertiary/aromatic N) is 5. The minimum Gasteiger partial charge on any atom is -0.493 e. The number of fused-ring (bicyclic) bond motifs is 3. The van der Waals surface area contributed by atoms with E-state index in [9.17, 15) is 4.79 Å². The summed E-state index contributed by atoms with van der Waals surface area (Å²) in [6.07, 6.45) is 3.94. The highest BCUT2D eigenvalue weighted by Crippen LogP contribution is 2.53. The molecule has 0 unspecified atom stereocenters. The molecule has 0 N–H and O–H groups in total. The van der Waals surface area contributed by atoms with Gasteiger partial charge in [-0.15, -0.1) is 22.0 Å². The number of esters is 1. The third-order valence-corrected chi connectivity index (χ3v) is 8.22. The number of aryl methyl sites for hydroxylation is 2. The molecule has 0 aliphatic carbocycles. The SMILES string of the molecule is CCOC(=O)c1cnn(CC[C@H]2S[C@H](c3cccc(OC)c3OC)c3cc(Cl)ccc3-n3c(C)nnc32)c1. The van der Waals surface area contributed by atoms with E-state index in [1.54, 1.807) is 43.8 Å². The van der Waals surface area contributed by atoms with E-state index in [1.165, 1.54) is 6.20 Å². The molecule has 0 bridgehead atoms. The monoisotopic (exact) mass is 553 g/mol. The van der Waals surface area contributed by atoms with Gasteiger partial charge in [0.15, 0.2) is 17.3 Å². The van der Waals surface area contributed by atoms with Crippen LogP contribution in [0.5, 0.6) is 11.5 Å². The summed E-state index contributed by atoms with van der Waals surface area (Å²) in [7, 11) is 3.28. The second-order valence-corrected chi connectivity index (χ2v) is 10.5. The van der Waals surface area contributed by atoms with Gasteiger partial charge < -0.3 is 14.2 Å². The lowest BCUT2D eigenvalue weighted by molar-refractivity contribution is 0.0526. The minimum atomic E-state index is -0.379. The number of carbonyl (C=O) groups excluding carboxylic acids is 1. The molecule has 0 amide bonds. The van der Waals surface area contributed by atoms with Crippen LogP contribution in [0.4, 0.5) is 0 Å². The van der Waals surface area contributed by atoms with Crippen LogP contribution in [0.3, 0.4) is 0 Å². The van der Waals surface area contributed by atoms with Gasteiger partial charge in [-0.3, -0.25) is 9.25 Å². The first kappa shape index (κ1) is 26.1. The van der Waals surface area contributed by atoms with E-state index in [4.69, 9.17) is 25.8 Å². The molecule has 9 nitrogen and oxygen atoms in total. The minimum absolute atomic E-state index is 0.0569. The van der Waals surface area contributed by atoms with Gasteiger partial charge in [-0.1, -0.05) is 23.7 Å². The summed E-state index contributed by atoms with van der Waals surface area (Å²) in [4.78, 5) is 12.1. The van der Waals surface area contributed by atoms with Crippen LogP contribution in [0.15, 0.2) is 48.8 Å². The maximum atomic E-state index is 12.1. The maximum absolute atomic E-state index is 12.1.